The molecular formula is C23H32N4O4. The first-order valence-electron chi connectivity index (χ1n) is 10.5. The first-order valence-corrected chi connectivity index (χ1v) is 10.5. The van der Waals surface area contributed by atoms with E-state index in [1.807, 2.05) is 42.5 Å². The molecule has 2 aromatic rings. The third kappa shape index (κ3) is 11.0. The molecular weight excluding hydrogens is 396 g/mol. The van der Waals surface area contributed by atoms with E-state index in [0.717, 1.165) is 30.6 Å². The largest absolute Gasteiger partial charge is 0.450 e. The molecule has 0 bridgehead atoms. The van der Waals surface area contributed by atoms with Gasteiger partial charge in [-0.15, -0.1) is 0 Å². The summed E-state index contributed by atoms with van der Waals surface area (Å²) in [4.78, 5) is 23.2. The first kappa shape index (κ1) is 24.2. The second-order valence-corrected chi connectivity index (χ2v) is 6.83. The van der Waals surface area contributed by atoms with Crippen LogP contribution in [0.4, 0.5) is 9.59 Å². The Kier molecular flexibility index (Phi) is 11.6. The van der Waals surface area contributed by atoms with Gasteiger partial charge in [-0.05, 0) is 36.6 Å². The van der Waals surface area contributed by atoms with Crippen molar-refractivity contribution in [2.45, 2.75) is 33.0 Å². The maximum atomic E-state index is 11.8. The summed E-state index contributed by atoms with van der Waals surface area (Å²) >= 11 is 0. The molecule has 0 aliphatic carbocycles. The lowest BCUT2D eigenvalue weighted by Crippen LogP contribution is -2.30. The number of ether oxygens (including phenoxy) is 2. The molecule has 2 aromatic carbocycles. The Morgan fingerprint density at radius 2 is 1.42 bits per heavy atom. The zero-order chi connectivity index (χ0) is 22.2. The van der Waals surface area contributed by atoms with E-state index in [4.69, 9.17) is 9.47 Å². The number of carbonyl (C=O) groups excluding carboxylic acids is 2. The van der Waals surface area contributed by atoms with E-state index >= 15 is 0 Å². The molecule has 0 aromatic heterocycles. The molecule has 0 atom stereocenters. The summed E-state index contributed by atoms with van der Waals surface area (Å²) in [6.07, 6.45) is -0.163. The highest BCUT2D eigenvalue weighted by Crippen LogP contribution is 2.05. The van der Waals surface area contributed by atoms with E-state index in [2.05, 4.69) is 33.4 Å². The van der Waals surface area contributed by atoms with Gasteiger partial charge in [-0.2, -0.15) is 0 Å². The van der Waals surface area contributed by atoms with Gasteiger partial charge in [-0.3, -0.25) is 0 Å². The molecule has 31 heavy (non-hydrogen) atoms. The van der Waals surface area contributed by atoms with E-state index < -0.39 is 12.2 Å². The monoisotopic (exact) mass is 428 g/mol. The average Bonchev–Trinajstić information content (AvgIpc) is 2.79. The van der Waals surface area contributed by atoms with Crippen LogP contribution in [0.5, 0.6) is 0 Å². The van der Waals surface area contributed by atoms with Crippen molar-refractivity contribution in [1.29, 1.82) is 0 Å². The zero-order valence-electron chi connectivity index (χ0n) is 18.0. The number of nitrogens with one attached hydrogen (secondary N) is 4. The molecule has 0 saturated heterocycles. The summed E-state index contributed by atoms with van der Waals surface area (Å²) in [6.45, 7) is 5.42. The van der Waals surface area contributed by atoms with Crippen LogP contribution in [0.3, 0.4) is 0 Å². The molecule has 168 valence electrons. The topological polar surface area (TPSA) is 101 Å². The van der Waals surface area contributed by atoms with Gasteiger partial charge in [0, 0.05) is 26.3 Å². The van der Waals surface area contributed by atoms with Gasteiger partial charge in [-0.1, -0.05) is 54.6 Å². The minimum atomic E-state index is -0.448. The van der Waals surface area contributed by atoms with E-state index in [0.29, 0.717) is 33.0 Å². The molecule has 4 N–H and O–H groups in total. The molecule has 0 spiro atoms. The molecule has 0 aliphatic rings. The van der Waals surface area contributed by atoms with Crippen LogP contribution in [-0.2, 0) is 29.1 Å². The summed E-state index contributed by atoms with van der Waals surface area (Å²) in [6, 6.07) is 17.8. The number of carbonyl (C=O) groups is 2. The summed E-state index contributed by atoms with van der Waals surface area (Å²) < 4.78 is 10.0. The van der Waals surface area contributed by atoms with Crippen molar-refractivity contribution in [2.24, 2.45) is 0 Å². The fourth-order valence-corrected chi connectivity index (χ4v) is 2.77. The Morgan fingerprint density at radius 1 is 0.774 bits per heavy atom. The van der Waals surface area contributed by atoms with Gasteiger partial charge in [-0.25, -0.2) is 9.59 Å². The number of rotatable bonds is 13. The molecule has 0 aliphatic heterocycles. The Morgan fingerprint density at radius 3 is 2.10 bits per heavy atom. The third-order valence-corrected chi connectivity index (χ3v) is 4.29. The molecule has 2 rings (SSSR count). The molecule has 0 heterocycles. The van der Waals surface area contributed by atoms with Gasteiger partial charge in [0.1, 0.15) is 0 Å². The van der Waals surface area contributed by atoms with Crippen molar-refractivity contribution in [3.05, 3.63) is 71.3 Å². The maximum absolute atomic E-state index is 11.8. The molecule has 8 nitrogen and oxygen atoms in total. The average molecular weight is 429 g/mol. The summed E-state index contributed by atoms with van der Waals surface area (Å²) in [5.74, 6) is 0. The summed E-state index contributed by atoms with van der Waals surface area (Å²) in [7, 11) is 0. The lowest BCUT2D eigenvalue weighted by atomic mass is 10.1. The summed E-state index contributed by atoms with van der Waals surface area (Å²) in [5.41, 5.74) is 3.09. The lowest BCUT2D eigenvalue weighted by Gasteiger charge is -2.10. The first-order chi connectivity index (χ1) is 15.2. The van der Waals surface area contributed by atoms with Crippen molar-refractivity contribution in [2.75, 3.05) is 26.4 Å². The maximum Gasteiger partial charge on any atom is 0.407 e. The van der Waals surface area contributed by atoms with Gasteiger partial charge in [0.05, 0.1) is 13.2 Å². The Labute approximate surface area is 183 Å². The van der Waals surface area contributed by atoms with Crippen LogP contribution in [-0.4, -0.2) is 38.6 Å². The van der Waals surface area contributed by atoms with E-state index in [-0.39, 0.29) is 0 Å². The molecule has 0 unspecified atom stereocenters. The highest BCUT2D eigenvalue weighted by molar-refractivity contribution is 5.67. The zero-order valence-corrected chi connectivity index (χ0v) is 18.0. The molecule has 0 radical (unpaired) electrons. The Bertz CT molecular complexity index is 786. The van der Waals surface area contributed by atoms with Crippen molar-refractivity contribution < 1.29 is 19.1 Å². The second-order valence-electron chi connectivity index (χ2n) is 6.83. The van der Waals surface area contributed by atoms with Gasteiger partial charge in [0.2, 0.25) is 0 Å². The number of hydrogen-bond acceptors (Lipinski definition) is 6. The van der Waals surface area contributed by atoms with Crippen LogP contribution in [0.2, 0.25) is 0 Å². The molecule has 2 amide bonds. The highest BCUT2D eigenvalue weighted by atomic mass is 16.6. The van der Waals surface area contributed by atoms with Crippen LogP contribution in [0.25, 0.3) is 0 Å². The second kappa shape index (κ2) is 14.8. The number of benzene rings is 2. The number of amides is 2. The van der Waals surface area contributed by atoms with Gasteiger partial charge >= 0.3 is 12.2 Å². The normalized spacial score (nSPS) is 10.4. The fraction of sp³-hybridized carbons (Fsp3) is 0.391. The number of alkyl carbamates (subject to hydrolysis) is 2. The van der Waals surface area contributed by atoms with Crippen LogP contribution in [0, 0.1) is 0 Å². The number of hydrogen-bond donors (Lipinski definition) is 4. The minimum absolute atomic E-state index is 0.332. The smallest absolute Gasteiger partial charge is 0.407 e. The van der Waals surface area contributed by atoms with E-state index in [1.165, 1.54) is 5.56 Å². The minimum Gasteiger partial charge on any atom is -0.450 e. The van der Waals surface area contributed by atoms with Gasteiger partial charge in [0.25, 0.3) is 0 Å². The van der Waals surface area contributed by atoms with Gasteiger partial charge in [0.15, 0.2) is 0 Å². The highest BCUT2D eigenvalue weighted by Gasteiger charge is 2.04. The SMILES string of the molecule is CCOC(=O)NCc1cccc(CNC(=O)OCCCNCNCc2ccccc2)c1. The van der Waals surface area contributed by atoms with Crippen molar-refractivity contribution in [3.8, 4) is 0 Å². The molecule has 0 saturated carbocycles. The van der Waals surface area contributed by atoms with E-state index in [1.54, 1.807) is 6.92 Å². The predicted molar refractivity (Wildman–Crippen MR) is 119 cm³/mol. The van der Waals surface area contributed by atoms with Crippen LogP contribution >= 0.6 is 0 Å². The van der Waals surface area contributed by atoms with Crippen molar-refractivity contribution >= 4 is 12.2 Å². The third-order valence-electron chi connectivity index (χ3n) is 4.29. The van der Waals surface area contributed by atoms with Crippen LogP contribution in [0.15, 0.2) is 54.6 Å². The fourth-order valence-electron chi connectivity index (χ4n) is 2.77. The quantitative estimate of drug-likeness (QED) is 0.289. The summed E-state index contributed by atoms with van der Waals surface area (Å²) in [5, 5.41) is 12.0. The van der Waals surface area contributed by atoms with E-state index in [9.17, 15) is 9.59 Å². The van der Waals surface area contributed by atoms with Crippen LogP contribution < -0.4 is 21.3 Å². The van der Waals surface area contributed by atoms with Gasteiger partial charge < -0.3 is 30.7 Å². The molecule has 8 heteroatoms. The molecule has 0 fully saturated rings. The Balaban J connectivity index is 1.51. The van der Waals surface area contributed by atoms with Crippen LogP contribution in [0.1, 0.15) is 30.0 Å². The van der Waals surface area contributed by atoms with Crippen molar-refractivity contribution in [3.63, 3.8) is 0 Å². The van der Waals surface area contributed by atoms with Crippen molar-refractivity contribution in [1.82, 2.24) is 21.3 Å². The Hall–Kier alpha value is -3.10. The standard InChI is InChI=1S/C23H32N4O4/c1-2-30-22(28)26-16-20-10-6-11-21(14-20)17-27-23(29)31-13-7-12-24-18-25-15-19-8-4-3-5-9-19/h3-6,8-11,14,24-25H,2,7,12-13,15-18H2,1H3,(H,26,28)(H,27,29). The lowest BCUT2D eigenvalue weighted by molar-refractivity contribution is 0.144. The predicted octanol–water partition coefficient (Wildman–Crippen LogP) is 2.89.